The first-order valence-corrected chi connectivity index (χ1v) is 9.15. The Kier molecular flexibility index (Phi) is 5.53. The fourth-order valence-electron chi connectivity index (χ4n) is 2.43. The van der Waals surface area contributed by atoms with Gasteiger partial charge in [-0.2, -0.15) is 0 Å². The van der Waals surface area contributed by atoms with Crippen molar-refractivity contribution in [2.75, 3.05) is 10.6 Å². The zero-order valence-corrected chi connectivity index (χ0v) is 16.0. The molecule has 3 aromatic rings. The van der Waals surface area contributed by atoms with E-state index >= 15 is 0 Å². The lowest BCUT2D eigenvalue weighted by atomic mass is 10.2. The topological polar surface area (TPSA) is 71.1 Å². The highest BCUT2D eigenvalue weighted by molar-refractivity contribution is 7.17. The minimum atomic E-state index is -0.602. The van der Waals surface area contributed by atoms with Crippen LogP contribution in [0.4, 0.5) is 15.8 Å². The number of halogens is 2. The van der Waals surface area contributed by atoms with Crippen LogP contribution in [0.15, 0.2) is 42.5 Å². The first-order chi connectivity index (χ1) is 12.8. The van der Waals surface area contributed by atoms with Crippen LogP contribution in [-0.4, -0.2) is 16.8 Å². The second kappa shape index (κ2) is 7.85. The van der Waals surface area contributed by atoms with Gasteiger partial charge in [-0.25, -0.2) is 9.37 Å². The Hall–Kier alpha value is -2.77. The summed E-state index contributed by atoms with van der Waals surface area (Å²) in [6.45, 7) is 3.06. The average molecular weight is 404 g/mol. The molecule has 2 amide bonds. The standard InChI is InChI=1S/C19H15ClFN3O2S/c1-10-17(27-19(22-10)12-4-3-5-13(20)8-12)18(26)24-16-9-14(23-11(2)25)6-7-15(16)21/h3-9H,1-2H3,(H,23,25)(H,24,26). The number of anilines is 2. The smallest absolute Gasteiger partial charge is 0.267 e. The lowest BCUT2D eigenvalue weighted by molar-refractivity contribution is -0.114. The Labute approximate surface area is 164 Å². The molecule has 1 heterocycles. The Balaban J connectivity index is 1.86. The van der Waals surface area contributed by atoms with E-state index in [-0.39, 0.29) is 11.6 Å². The highest BCUT2D eigenvalue weighted by Crippen LogP contribution is 2.30. The number of aromatic nitrogens is 1. The van der Waals surface area contributed by atoms with Crippen molar-refractivity contribution in [3.63, 3.8) is 0 Å². The Bertz CT molecular complexity index is 1040. The van der Waals surface area contributed by atoms with Crippen molar-refractivity contribution in [1.29, 1.82) is 0 Å². The summed E-state index contributed by atoms with van der Waals surface area (Å²) in [5, 5.41) is 6.30. The number of nitrogens with one attached hydrogen (secondary N) is 2. The van der Waals surface area contributed by atoms with Crippen molar-refractivity contribution in [3.8, 4) is 10.6 Å². The largest absolute Gasteiger partial charge is 0.326 e. The number of nitrogens with zero attached hydrogens (tertiary/aromatic N) is 1. The first kappa shape index (κ1) is 19.0. The number of aryl methyl sites for hydroxylation is 1. The summed E-state index contributed by atoms with van der Waals surface area (Å²) in [7, 11) is 0. The van der Waals surface area contributed by atoms with Gasteiger partial charge in [0.05, 0.1) is 11.4 Å². The number of benzene rings is 2. The molecule has 0 aliphatic rings. The van der Waals surface area contributed by atoms with E-state index in [1.807, 2.05) is 6.07 Å². The van der Waals surface area contributed by atoms with Crippen LogP contribution in [0.1, 0.15) is 22.3 Å². The summed E-state index contributed by atoms with van der Waals surface area (Å²) >= 11 is 7.20. The van der Waals surface area contributed by atoms with Gasteiger partial charge < -0.3 is 10.6 Å². The van der Waals surface area contributed by atoms with Crippen molar-refractivity contribution in [2.45, 2.75) is 13.8 Å². The lowest BCUT2D eigenvalue weighted by Crippen LogP contribution is -2.13. The van der Waals surface area contributed by atoms with Crippen LogP contribution in [-0.2, 0) is 4.79 Å². The van der Waals surface area contributed by atoms with Crippen LogP contribution in [0, 0.1) is 12.7 Å². The maximum atomic E-state index is 14.0. The third kappa shape index (κ3) is 4.50. The van der Waals surface area contributed by atoms with Crippen molar-refractivity contribution in [3.05, 3.63) is 63.9 Å². The molecule has 3 rings (SSSR count). The third-order valence-electron chi connectivity index (χ3n) is 3.61. The molecule has 0 unspecified atom stereocenters. The molecule has 0 radical (unpaired) electrons. The molecule has 2 aromatic carbocycles. The Morgan fingerprint density at radius 1 is 1.15 bits per heavy atom. The zero-order chi connectivity index (χ0) is 19.6. The van der Waals surface area contributed by atoms with Crippen LogP contribution in [0.3, 0.4) is 0 Å². The molecule has 0 fully saturated rings. The molecule has 0 bridgehead atoms. The molecule has 0 spiro atoms. The van der Waals surface area contributed by atoms with Gasteiger partial charge in [0.15, 0.2) is 0 Å². The van der Waals surface area contributed by atoms with Crippen molar-refractivity contribution < 1.29 is 14.0 Å². The minimum Gasteiger partial charge on any atom is -0.326 e. The van der Waals surface area contributed by atoms with Crippen LogP contribution < -0.4 is 10.6 Å². The van der Waals surface area contributed by atoms with Gasteiger partial charge in [0, 0.05) is 23.2 Å². The summed E-state index contributed by atoms with van der Waals surface area (Å²) in [5.74, 6) is -1.37. The summed E-state index contributed by atoms with van der Waals surface area (Å²) < 4.78 is 14.0. The van der Waals surface area contributed by atoms with E-state index < -0.39 is 11.7 Å². The van der Waals surface area contributed by atoms with Crippen LogP contribution in [0.2, 0.25) is 5.02 Å². The molecule has 1 aromatic heterocycles. The highest BCUT2D eigenvalue weighted by Gasteiger charge is 2.18. The number of amides is 2. The molecule has 2 N–H and O–H groups in total. The first-order valence-electron chi connectivity index (χ1n) is 7.95. The number of hydrogen-bond acceptors (Lipinski definition) is 4. The molecule has 0 aliphatic heterocycles. The van der Waals surface area contributed by atoms with E-state index in [9.17, 15) is 14.0 Å². The molecule has 138 valence electrons. The monoisotopic (exact) mass is 403 g/mol. The van der Waals surface area contributed by atoms with E-state index in [2.05, 4.69) is 15.6 Å². The SMILES string of the molecule is CC(=O)Nc1ccc(F)c(NC(=O)c2sc(-c3cccc(Cl)c3)nc2C)c1. The molecule has 0 saturated carbocycles. The van der Waals surface area contributed by atoms with Gasteiger partial charge in [0.25, 0.3) is 5.91 Å². The van der Waals surface area contributed by atoms with E-state index in [0.717, 1.165) is 5.56 Å². The molecule has 5 nitrogen and oxygen atoms in total. The van der Waals surface area contributed by atoms with Gasteiger partial charge in [-0.05, 0) is 37.3 Å². The molecule has 0 aliphatic carbocycles. The quantitative estimate of drug-likeness (QED) is 0.635. The summed E-state index contributed by atoms with van der Waals surface area (Å²) in [6, 6.07) is 11.1. The van der Waals surface area contributed by atoms with Gasteiger partial charge >= 0.3 is 0 Å². The van der Waals surface area contributed by atoms with Gasteiger partial charge in [-0.15, -0.1) is 11.3 Å². The van der Waals surface area contributed by atoms with Crippen LogP contribution in [0.5, 0.6) is 0 Å². The predicted molar refractivity (Wildman–Crippen MR) is 106 cm³/mol. The maximum Gasteiger partial charge on any atom is 0.267 e. The predicted octanol–water partition coefficient (Wildman–Crippen LogP) is 5.12. The lowest BCUT2D eigenvalue weighted by Gasteiger charge is -2.08. The number of carbonyl (C=O) groups excluding carboxylic acids is 2. The fraction of sp³-hybridized carbons (Fsp3) is 0.105. The van der Waals surface area contributed by atoms with Crippen molar-refractivity contribution in [2.24, 2.45) is 0 Å². The van der Waals surface area contributed by atoms with E-state index in [4.69, 9.17) is 11.6 Å². The number of thiazole rings is 1. The van der Waals surface area contributed by atoms with Crippen LogP contribution >= 0.6 is 22.9 Å². The number of rotatable bonds is 4. The van der Waals surface area contributed by atoms with Crippen LogP contribution in [0.25, 0.3) is 10.6 Å². The second-order valence-corrected chi connectivity index (χ2v) is 7.21. The summed E-state index contributed by atoms with van der Waals surface area (Å²) in [5.41, 5.74) is 1.70. The highest BCUT2D eigenvalue weighted by atomic mass is 35.5. The molecule has 8 heteroatoms. The zero-order valence-electron chi connectivity index (χ0n) is 14.5. The normalized spacial score (nSPS) is 10.5. The average Bonchev–Trinajstić information content (AvgIpc) is 2.99. The summed E-state index contributed by atoms with van der Waals surface area (Å²) in [4.78, 5) is 28.5. The number of carbonyl (C=O) groups is 2. The molecule has 0 saturated heterocycles. The van der Waals surface area contributed by atoms with Crippen molar-refractivity contribution >= 4 is 46.1 Å². The third-order valence-corrected chi connectivity index (χ3v) is 5.05. The van der Waals surface area contributed by atoms with Gasteiger partial charge in [-0.3, -0.25) is 9.59 Å². The van der Waals surface area contributed by atoms with Gasteiger partial charge in [0.1, 0.15) is 15.7 Å². The molecule has 0 atom stereocenters. The molecular weight excluding hydrogens is 389 g/mol. The maximum absolute atomic E-state index is 14.0. The van der Waals surface area contributed by atoms with E-state index in [1.54, 1.807) is 25.1 Å². The van der Waals surface area contributed by atoms with E-state index in [1.165, 1.54) is 36.5 Å². The number of hydrogen-bond donors (Lipinski definition) is 2. The van der Waals surface area contributed by atoms with Gasteiger partial charge in [0.2, 0.25) is 5.91 Å². The second-order valence-electron chi connectivity index (χ2n) is 5.77. The summed E-state index contributed by atoms with van der Waals surface area (Å²) in [6.07, 6.45) is 0. The van der Waals surface area contributed by atoms with Gasteiger partial charge in [-0.1, -0.05) is 23.7 Å². The molecular formula is C19H15ClFN3O2S. The minimum absolute atomic E-state index is 0.0247. The Morgan fingerprint density at radius 2 is 1.93 bits per heavy atom. The molecule has 27 heavy (non-hydrogen) atoms. The fourth-order valence-corrected chi connectivity index (χ4v) is 3.58. The van der Waals surface area contributed by atoms with Crippen molar-refractivity contribution in [1.82, 2.24) is 4.98 Å². The van der Waals surface area contributed by atoms with E-state index in [0.29, 0.717) is 26.3 Å². The Morgan fingerprint density at radius 3 is 2.63 bits per heavy atom.